The molecule has 0 aliphatic rings. The van der Waals surface area contributed by atoms with Gasteiger partial charge in [0, 0.05) is 0 Å². The van der Waals surface area contributed by atoms with Gasteiger partial charge in [0.05, 0.1) is 12.5 Å². The van der Waals surface area contributed by atoms with E-state index in [2.05, 4.69) is 16.0 Å². The molecule has 0 saturated heterocycles. The lowest BCUT2D eigenvalue weighted by Crippen LogP contribution is -2.59. The molecule has 0 saturated carbocycles. The van der Waals surface area contributed by atoms with E-state index < -0.39 is 53.8 Å². The minimum atomic E-state index is -1.21. The number of nitrogens with one attached hydrogen (secondary N) is 3. The zero-order valence-electron chi connectivity index (χ0n) is 19.9. The molecule has 190 valence electrons. The van der Waals surface area contributed by atoms with Gasteiger partial charge in [0.15, 0.2) is 0 Å². The minimum Gasteiger partial charge on any atom is -0.480 e. The van der Waals surface area contributed by atoms with Crippen LogP contribution in [0.4, 0.5) is 0 Å². The first-order chi connectivity index (χ1) is 15.3. The molecule has 5 atom stereocenters. The van der Waals surface area contributed by atoms with Crippen molar-refractivity contribution >= 4 is 29.6 Å². The summed E-state index contributed by atoms with van der Waals surface area (Å²) < 4.78 is 0. The lowest BCUT2D eigenvalue weighted by molar-refractivity contribution is -0.143. The first kappa shape index (κ1) is 30.3. The second-order valence-corrected chi connectivity index (χ2v) is 8.56. The molecule has 0 aliphatic carbocycles. The van der Waals surface area contributed by atoms with Gasteiger partial charge in [0.2, 0.25) is 23.6 Å². The molecule has 0 bridgehead atoms. The van der Waals surface area contributed by atoms with Gasteiger partial charge in [-0.3, -0.25) is 19.2 Å². The second kappa shape index (κ2) is 15.2. The molecule has 12 heteroatoms. The zero-order chi connectivity index (χ0) is 25.7. The molecule has 0 heterocycles. The van der Waals surface area contributed by atoms with Crippen molar-refractivity contribution in [2.75, 3.05) is 6.54 Å². The van der Waals surface area contributed by atoms with Crippen LogP contribution in [0.1, 0.15) is 59.8 Å². The van der Waals surface area contributed by atoms with Crippen LogP contribution in [0.25, 0.3) is 0 Å². The van der Waals surface area contributed by atoms with Gasteiger partial charge in [-0.25, -0.2) is 4.79 Å². The Hall–Kier alpha value is -2.73. The Kier molecular flexibility index (Phi) is 13.9. The number of primary amides is 1. The van der Waals surface area contributed by atoms with Crippen LogP contribution in [0.2, 0.25) is 0 Å². The van der Waals surface area contributed by atoms with Crippen molar-refractivity contribution in [3.05, 3.63) is 0 Å². The summed E-state index contributed by atoms with van der Waals surface area (Å²) in [5.41, 5.74) is 16.2. The van der Waals surface area contributed by atoms with E-state index in [1.807, 2.05) is 6.92 Å². The number of hydrogen-bond donors (Lipinski definition) is 7. The van der Waals surface area contributed by atoms with Crippen molar-refractivity contribution in [2.45, 2.75) is 84.0 Å². The summed E-state index contributed by atoms with van der Waals surface area (Å²) in [5.74, 6) is -4.58. The average Bonchev–Trinajstić information content (AvgIpc) is 2.73. The van der Waals surface area contributed by atoms with E-state index in [0.29, 0.717) is 25.8 Å². The molecule has 0 rings (SSSR count). The molecule has 0 aromatic heterocycles. The number of nitrogens with two attached hydrogens (primary N) is 3. The second-order valence-electron chi connectivity index (χ2n) is 8.56. The highest BCUT2D eigenvalue weighted by Gasteiger charge is 2.33. The number of carboxylic acid groups (broad SMARTS) is 1. The van der Waals surface area contributed by atoms with Gasteiger partial charge < -0.3 is 38.3 Å². The van der Waals surface area contributed by atoms with E-state index in [4.69, 9.17) is 17.2 Å². The van der Waals surface area contributed by atoms with E-state index in [-0.39, 0.29) is 24.7 Å². The Balaban J connectivity index is 5.42. The number of carbonyl (C=O) groups excluding carboxylic acids is 4. The normalized spacial score (nSPS) is 15.6. The third-order valence-corrected chi connectivity index (χ3v) is 5.36. The summed E-state index contributed by atoms with van der Waals surface area (Å²) in [6, 6.07) is -4.37. The van der Waals surface area contributed by atoms with Crippen LogP contribution in [0.5, 0.6) is 0 Å². The summed E-state index contributed by atoms with van der Waals surface area (Å²) in [6.45, 7) is 7.39. The fourth-order valence-electron chi connectivity index (χ4n) is 3.06. The molecule has 0 aliphatic heterocycles. The highest BCUT2D eigenvalue weighted by Crippen LogP contribution is 2.11. The number of hydrogen-bond acceptors (Lipinski definition) is 7. The molecule has 5 unspecified atom stereocenters. The largest absolute Gasteiger partial charge is 0.480 e. The molecule has 4 amide bonds. The first-order valence-corrected chi connectivity index (χ1v) is 11.2. The third kappa shape index (κ3) is 11.1. The van der Waals surface area contributed by atoms with Gasteiger partial charge in [0.1, 0.15) is 18.1 Å². The minimum absolute atomic E-state index is 0.209. The molecular weight excluding hydrogens is 432 g/mol. The summed E-state index contributed by atoms with van der Waals surface area (Å²) in [6.07, 6.45) is 1.52. The van der Waals surface area contributed by atoms with Gasteiger partial charge in [0.25, 0.3) is 0 Å². The third-order valence-electron chi connectivity index (χ3n) is 5.36. The number of carbonyl (C=O) groups is 5. The number of carboxylic acids is 1. The highest BCUT2D eigenvalue weighted by molar-refractivity contribution is 5.95. The standard InChI is InChI=1S/C21H40N6O6/c1-5-12(4)17(27-18(29)13(23)10-15(24)28)20(31)26-16(11(2)3)19(30)25-14(21(32)33)8-6-7-9-22/h11-14,16-17H,5-10,22-23H2,1-4H3,(H2,24,28)(H,25,30)(H,26,31)(H,27,29)(H,32,33). The summed E-state index contributed by atoms with van der Waals surface area (Å²) in [7, 11) is 0. The molecule has 0 radical (unpaired) electrons. The number of aliphatic carboxylic acids is 1. The number of rotatable bonds is 16. The summed E-state index contributed by atoms with van der Waals surface area (Å²) >= 11 is 0. The highest BCUT2D eigenvalue weighted by atomic mass is 16.4. The molecule has 0 aromatic rings. The van der Waals surface area contributed by atoms with Crippen LogP contribution in [0, 0.1) is 11.8 Å². The van der Waals surface area contributed by atoms with Gasteiger partial charge >= 0.3 is 5.97 Å². The SMILES string of the molecule is CCC(C)C(NC(=O)C(N)CC(N)=O)C(=O)NC(C(=O)NC(CCCCN)C(=O)O)C(C)C. The van der Waals surface area contributed by atoms with Crippen LogP contribution in [-0.4, -0.2) is 65.4 Å². The van der Waals surface area contributed by atoms with Crippen molar-refractivity contribution in [3.8, 4) is 0 Å². The van der Waals surface area contributed by atoms with Crippen LogP contribution < -0.4 is 33.2 Å². The predicted octanol–water partition coefficient (Wildman–Crippen LogP) is -1.44. The maximum atomic E-state index is 13.0. The van der Waals surface area contributed by atoms with Crippen molar-refractivity contribution in [1.29, 1.82) is 0 Å². The maximum absolute atomic E-state index is 13.0. The van der Waals surface area contributed by atoms with E-state index >= 15 is 0 Å². The molecule has 12 nitrogen and oxygen atoms in total. The molecule has 0 fully saturated rings. The number of amides is 4. The van der Waals surface area contributed by atoms with Crippen molar-refractivity contribution < 1.29 is 29.1 Å². The fourth-order valence-corrected chi connectivity index (χ4v) is 3.06. The van der Waals surface area contributed by atoms with E-state index in [0.717, 1.165) is 0 Å². The van der Waals surface area contributed by atoms with Crippen molar-refractivity contribution in [3.63, 3.8) is 0 Å². The van der Waals surface area contributed by atoms with E-state index in [1.165, 1.54) is 0 Å². The Morgan fingerprint density at radius 1 is 0.879 bits per heavy atom. The van der Waals surface area contributed by atoms with Crippen LogP contribution in [-0.2, 0) is 24.0 Å². The maximum Gasteiger partial charge on any atom is 0.326 e. The van der Waals surface area contributed by atoms with Gasteiger partial charge in [-0.05, 0) is 37.6 Å². The van der Waals surface area contributed by atoms with Gasteiger partial charge in [-0.1, -0.05) is 34.1 Å². The smallest absolute Gasteiger partial charge is 0.326 e. The van der Waals surface area contributed by atoms with Crippen LogP contribution in [0.3, 0.4) is 0 Å². The fraction of sp³-hybridized carbons (Fsp3) is 0.762. The quantitative estimate of drug-likeness (QED) is 0.131. The first-order valence-electron chi connectivity index (χ1n) is 11.2. The summed E-state index contributed by atoms with van der Waals surface area (Å²) in [5, 5.41) is 17.0. The molecule has 33 heavy (non-hydrogen) atoms. The van der Waals surface area contributed by atoms with Gasteiger partial charge in [-0.15, -0.1) is 0 Å². The van der Waals surface area contributed by atoms with Crippen molar-refractivity contribution in [1.82, 2.24) is 16.0 Å². The topological polar surface area (TPSA) is 220 Å². The molecule has 0 aromatic carbocycles. The lowest BCUT2D eigenvalue weighted by atomic mass is 9.96. The Labute approximate surface area is 194 Å². The average molecular weight is 473 g/mol. The van der Waals surface area contributed by atoms with E-state index in [1.54, 1.807) is 20.8 Å². The monoisotopic (exact) mass is 472 g/mol. The summed E-state index contributed by atoms with van der Waals surface area (Å²) in [4.78, 5) is 60.7. The zero-order valence-corrected chi connectivity index (χ0v) is 19.9. The van der Waals surface area contributed by atoms with Gasteiger partial charge in [-0.2, -0.15) is 0 Å². The van der Waals surface area contributed by atoms with Crippen LogP contribution >= 0.6 is 0 Å². The number of unbranched alkanes of at least 4 members (excludes halogenated alkanes) is 1. The molecule has 0 spiro atoms. The molecular formula is C21H40N6O6. The molecule has 10 N–H and O–H groups in total. The van der Waals surface area contributed by atoms with Crippen molar-refractivity contribution in [2.24, 2.45) is 29.0 Å². The lowest BCUT2D eigenvalue weighted by Gasteiger charge is -2.29. The Bertz CT molecular complexity index is 686. The Morgan fingerprint density at radius 2 is 1.42 bits per heavy atom. The predicted molar refractivity (Wildman–Crippen MR) is 122 cm³/mol. The van der Waals surface area contributed by atoms with Crippen LogP contribution in [0.15, 0.2) is 0 Å². The Morgan fingerprint density at radius 3 is 1.88 bits per heavy atom. The van der Waals surface area contributed by atoms with E-state index in [9.17, 15) is 29.1 Å².